The van der Waals surface area contributed by atoms with Gasteiger partial charge >= 0.3 is 0 Å². The van der Waals surface area contributed by atoms with Crippen molar-refractivity contribution in [2.75, 3.05) is 13.1 Å². The molecule has 1 rings (SSSR count). The first-order chi connectivity index (χ1) is 8.15. The minimum absolute atomic E-state index is 0. The number of alkyl halides is 2. The topological polar surface area (TPSA) is 115 Å². The third-order valence-electron chi connectivity index (χ3n) is 1.92. The highest BCUT2D eigenvalue weighted by atomic mass is 35.5. The molecule has 0 atom stereocenters. The number of hydrogen-bond acceptors (Lipinski definition) is 5. The number of carbonyl (C=O) groups is 1. The van der Waals surface area contributed by atoms with E-state index in [9.17, 15) is 22.0 Å². The predicted molar refractivity (Wildman–Crippen MR) is 69.3 cm³/mol. The molecule has 11 heteroatoms. The molecule has 0 aromatic carbocycles. The quantitative estimate of drug-likeness (QED) is 0.709. The Bertz CT molecular complexity index is 547. The largest absolute Gasteiger partial charge is 0.346 e. The van der Waals surface area contributed by atoms with Gasteiger partial charge in [0.05, 0.1) is 18.7 Å². The Morgan fingerprint density at radius 3 is 2.47 bits per heavy atom. The Balaban J connectivity index is 0.00000324. The third kappa shape index (κ3) is 5.37. The minimum Gasteiger partial charge on any atom is -0.346 e. The maximum Gasteiger partial charge on any atom is 0.277 e. The summed E-state index contributed by atoms with van der Waals surface area (Å²) in [5.41, 5.74) is 4.75. The summed E-state index contributed by atoms with van der Waals surface area (Å²) in [7, 11) is -3.89. The smallest absolute Gasteiger partial charge is 0.277 e. The molecule has 0 bridgehead atoms. The lowest BCUT2D eigenvalue weighted by atomic mass is 10.3. The Kier molecular flexibility index (Phi) is 6.29. The van der Waals surface area contributed by atoms with E-state index < -0.39 is 34.9 Å². The zero-order chi connectivity index (χ0) is 14.0. The molecule has 0 saturated carbocycles. The maximum absolute atomic E-state index is 12.8. The third-order valence-corrected chi connectivity index (χ3v) is 4.31. The van der Waals surface area contributed by atoms with Crippen LogP contribution >= 0.6 is 23.7 Å². The Morgan fingerprint density at radius 1 is 1.47 bits per heavy atom. The normalized spacial score (nSPS) is 11.8. The molecule has 1 amide bonds. The van der Waals surface area contributed by atoms with E-state index in [-0.39, 0.29) is 22.2 Å². The second kappa shape index (κ2) is 6.57. The van der Waals surface area contributed by atoms with Gasteiger partial charge in [0, 0.05) is 5.38 Å². The van der Waals surface area contributed by atoms with Crippen molar-refractivity contribution >= 4 is 39.7 Å². The Labute approximate surface area is 118 Å². The van der Waals surface area contributed by atoms with E-state index in [1.54, 1.807) is 0 Å². The van der Waals surface area contributed by atoms with Crippen molar-refractivity contribution in [3.8, 4) is 0 Å². The van der Waals surface area contributed by atoms with E-state index in [4.69, 9.17) is 10.9 Å². The van der Waals surface area contributed by atoms with Crippen LogP contribution in [-0.4, -0.2) is 33.3 Å². The summed E-state index contributed by atoms with van der Waals surface area (Å²) in [5, 5.41) is 8.02. The molecule has 110 valence electrons. The van der Waals surface area contributed by atoms with Crippen molar-refractivity contribution in [3.05, 3.63) is 17.0 Å². The molecule has 0 saturated heterocycles. The number of carbonyl (C=O) groups excluding carboxylic acids is 1. The molecule has 0 radical (unpaired) electrons. The van der Waals surface area contributed by atoms with Crippen molar-refractivity contribution in [2.45, 2.75) is 10.1 Å². The molecule has 1 aromatic rings. The summed E-state index contributed by atoms with van der Waals surface area (Å²) in [6.45, 7) is -1.80. The van der Waals surface area contributed by atoms with Gasteiger partial charge in [0.2, 0.25) is 10.0 Å². The summed E-state index contributed by atoms with van der Waals surface area (Å²) in [6, 6.07) is 1.02. The molecule has 19 heavy (non-hydrogen) atoms. The fourth-order valence-electron chi connectivity index (χ4n) is 0.969. The standard InChI is InChI=1S/C8H11F2N3O3S2.ClH/c9-8(10,3-11)4-13-7(14)5-1-6(17-2-5)18(12,15)16;/h1-2H,3-4,11H2,(H,13,14)(H2,12,15,16);1H. The molecular formula is C8H12ClF2N3O3S2. The van der Waals surface area contributed by atoms with Crippen LogP contribution in [0.25, 0.3) is 0 Å². The Hall–Kier alpha value is -0.810. The van der Waals surface area contributed by atoms with Crippen LogP contribution in [0.2, 0.25) is 0 Å². The number of primary sulfonamides is 1. The number of sulfonamides is 1. The van der Waals surface area contributed by atoms with Crippen LogP contribution in [-0.2, 0) is 10.0 Å². The van der Waals surface area contributed by atoms with Gasteiger partial charge in [0.1, 0.15) is 4.21 Å². The lowest BCUT2D eigenvalue weighted by molar-refractivity contribution is 0.0119. The summed E-state index contributed by atoms with van der Waals surface area (Å²) < 4.78 is 47.2. The van der Waals surface area contributed by atoms with Crippen molar-refractivity contribution in [3.63, 3.8) is 0 Å². The van der Waals surface area contributed by atoms with E-state index in [0.29, 0.717) is 0 Å². The molecule has 5 N–H and O–H groups in total. The molecule has 0 aliphatic heterocycles. The van der Waals surface area contributed by atoms with Gasteiger partial charge in [-0.15, -0.1) is 23.7 Å². The highest BCUT2D eigenvalue weighted by Gasteiger charge is 2.27. The van der Waals surface area contributed by atoms with Crippen LogP contribution in [0.15, 0.2) is 15.7 Å². The van der Waals surface area contributed by atoms with Crippen molar-refractivity contribution in [2.24, 2.45) is 10.9 Å². The van der Waals surface area contributed by atoms with E-state index in [2.05, 4.69) is 0 Å². The van der Waals surface area contributed by atoms with Gasteiger partial charge in [-0.2, -0.15) is 0 Å². The van der Waals surface area contributed by atoms with E-state index in [0.717, 1.165) is 17.4 Å². The molecule has 1 heterocycles. The van der Waals surface area contributed by atoms with Gasteiger partial charge in [-0.1, -0.05) is 0 Å². The van der Waals surface area contributed by atoms with Gasteiger partial charge < -0.3 is 11.1 Å². The lowest BCUT2D eigenvalue weighted by Crippen LogP contribution is -2.41. The minimum atomic E-state index is -3.89. The lowest BCUT2D eigenvalue weighted by Gasteiger charge is -2.13. The first kappa shape index (κ1) is 18.2. The monoisotopic (exact) mass is 335 g/mol. The zero-order valence-electron chi connectivity index (χ0n) is 9.43. The van der Waals surface area contributed by atoms with Crippen LogP contribution in [0, 0.1) is 0 Å². The van der Waals surface area contributed by atoms with Gasteiger partial charge in [-0.3, -0.25) is 4.79 Å². The zero-order valence-corrected chi connectivity index (χ0v) is 11.9. The number of rotatable bonds is 5. The molecule has 0 aliphatic carbocycles. The van der Waals surface area contributed by atoms with Crippen LogP contribution in [0.4, 0.5) is 8.78 Å². The highest BCUT2D eigenvalue weighted by Crippen LogP contribution is 2.19. The van der Waals surface area contributed by atoms with Gasteiger partial charge in [0.25, 0.3) is 11.8 Å². The second-order valence-corrected chi connectivity index (χ2v) is 6.14. The van der Waals surface area contributed by atoms with Crippen LogP contribution in [0.3, 0.4) is 0 Å². The summed E-state index contributed by atoms with van der Waals surface area (Å²) in [6.07, 6.45) is 0. The van der Waals surface area contributed by atoms with E-state index in [1.165, 1.54) is 5.38 Å². The second-order valence-electron chi connectivity index (χ2n) is 3.44. The average Bonchev–Trinajstić information content (AvgIpc) is 2.75. The van der Waals surface area contributed by atoms with E-state index >= 15 is 0 Å². The first-order valence-electron chi connectivity index (χ1n) is 4.63. The first-order valence-corrected chi connectivity index (χ1v) is 7.06. The predicted octanol–water partition coefficient (Wildman–Crippen LogP) is 0.141. The SMILES string of the molecule is Cl.NCC(F)(F)CNC(=O)c1csc(S(N)(=O)=O)c1. The fourth-order valence-corrected chi connectivity index (χ4v) is 2.55. The molecule has 6 nitrogen and oxygen atoms in total. The number of nitrogens with one attached hydrogen (secondary N) is 1. The number of nitrogens with two attached hydrogens (primary N) is 2. The molecule has 0 spiro atoms. The van der Waals surface area contributed by atoms with Crippen molar-refractivity contribution in [1.82, 2.24) is 5.32 Å². The number of hydrogen-bond donors (Lipinski definition) is 3. The molecule has 0 unspecified atom stereocenters. The van der Waals surface area contributed by atoms with Crippen LogP contribution in [0.5, 0.6) is 0 Å². The van der Waals surface area contributed by atoms with E-state index in [1.807, 2.05) is 5.32 Å². The summed E-state index contributed by atoms with van der Waals surface area (Å²) >= 11 is 0.738. The molecule has 0 aliphatic rings. The van der Waals surface area contributed by atoms with Gasteiger partial charge in [-0.05, 0) is 6.07 Å². The van der Waals surface area contributed by atoms with Crippen molar-refractivity contribution in [1.29, 1.82) is 0 Å². The molecule has 0 fully saturated rings. The van der Waals surface area contributed by atoms with Crippen LogP contribution < -0.4 is 16.2 Å². The number of halogens is 3. The maximum atomic E-state index is 12.8. The molecule has 1 aromatic heterocycles. The summed E-state index contributed by atoms with van der Waals surface area (Å²) in [4.78, 5) is 11.4. The highest BCUT2D eigenvalue weighted by molar-refractivity contribution is 7.91. The van der Waals surface area contributed by atoms with Crippen molar-refractivity contribution < 1.29 is 22.0 Å². The number of thiophene rings is 1. The summed E-state index contributed by atoms with van der Waals surface area (Å²) in [5.74, 6) is -4.01. The fraction of sp³-hybridized carbons (Fsp3) is 0.375. The van der Waals surface area contributed by atoms with Crippen LogP contribution in [0.1, 0.15) is 10.4 Å². The van der Waals surface area contributed by atoms with Gasteiger partial charge in [-0.25, -0.2) is 22.3 Å². The Morgan fingerprint density at radius 2 is 2.05 bits per heavy atom. The number of amides is 1. The average molecular weight is 336 g/mol. The molecular weight excluding hydrogens is 324 g/mol. The van der Waals surface area contributed by atoms with Gasteiger partial charge in [0.15, 0.2) is 0 Å².